The van der Waals surface area contributed by atoms with Crippen LogP contribution >= 0.6 is 0 Å². The third-order valence-electron chi connectivity index (χ3n) is 3.45. The molecule has 2 rings (SSSR count). The van der Waals surface area contributed by atoms with Crippen LogP contribution in [0.4, 0.5) is 5.82 Å². The molecule has 2 heterocycles. The average molecular weight is 277 g/mol. The molecule has 1 fully saturated rings. The molecule has 110 valence electrons. The number of nitrogens with zero attached hydrogens (tertiary/aromatic N) is 2. The van der Waals surface area contributed by atoms with E-state index in [-0.39, 0.29) is 5.91 Å². The summed E-state index contributed by atoms with van der Waals surface area (Å²) in [5.74, 6) is 0.594. The SMILES string of the molecule is CCN(CC(=O)NNc1ccccn1)CC1CCCN1. The van der Waals surface area contributed by atoms with Gasteiger partial charge in [-0.05, 0) is 38.1 Å². The monoisotopic (exact) mass is 277 g/mol. The molecule has 0 spiro atoms. The molecule has 3 N–H and O–H groups in total. The second-order valence-electron chi connectivity index (χ2n) is 5.01. The van der Waals surface area contributed by atoms with Crippen molar-refractivity contribution in [2.45, 2.75) is 25.8 Å². The van der Waals surface area contributed by atoms with Gasteiger partial charge in [0.15, 0.2) is 0 Å². The van der Waals surface area contributed by atoms with E-state index in [9.17, 15) is 4.79 Å². The molecular formula is C14H23N5O. The normalized spacial score (nSPS) is 18.2. The Labute approximate surface area is 119 Å². The van der Waals surface area contributed by atoms with E-state index in [1.165, 1.54) is 12.8 Å². The minimum absolute atomic E-state index is 0.0458. The number of likely N-dealkylation sites (N-methyl/N-ethyl adjacent to an activating group) is 1. The highest BCUT2D eigenvalue weighted by Crippen LogP contribution is 2.06. The molecule has 0 aromatic carbocycles. The number of nitrogens with one attached hydrogen (secondary N) is 3. The molecule has 1 aliphatic rings. The van der Waals surface area contributed by atoms with Crippen molar-refractivity contribution >= 4 is 11.7 Å². The van der Waals surface area contributed by atoms with Crippen LogP contribution in [0.3, 0.4) is 0 Å². The second-order valence-corrected chi connectivity index (χ2v) is 5.01. The van der Waals surface area contributed by atoms with Crippen molar-refractivity contribution in [2.75, 3.05) is 31.6 Å². The fourth-order valence-corrected chi connectivity index (χ4v) is 2.34. The Morgan fingerprint density at radius 3 is 3.10 bits per heavy atom. The summed E-state index contributed by atoms with van der Waals surface area (Å²) in [4.78, 5) is 18.1. The fourth-order valence-electron chi connectivity index (χ4n) is 2.34. The number of amides is 1. The van der Waals surface area contributed by atoms with Gasteiger partial charge in [-0.2, -0.15) is 0 Å². The van der Waals surface area contributed by atoms with Gasteiger partial charge in [0.1, 0.15) is 5.82 Å². The number of rotatable bonds is 7. The number of aromatic nitrogens is 1. The van der Waals surface area contributed by atoms with Gasteiger partial charge in [0, 0.05) is 18.8 Å². The Bertz CT molecular complexity index is 405. The van der Waals surface area contributed by atoms with Crippen molar-refractivity contribution in [3.63, 3.8) is 0 Å². The van der Waals surface area contributed by atoms with Crippen LogP contribution < -0.4 is 16.2 Å². The highest BCUT2D eigenvalue weighted by molar-refractivity contribution is 5.79. The Balaban J connectivity index is 1.71. The molecule has 6 nitrogen and oxygen atoms in total. The molecule has 1 aromatic rings. The van der Waals surface area contributed by atoms with Crippen LogP contribution in [0.2, 0.25) is 0 Å². The number of hydrogen-bond donors (Lipinski definition) is 3. The van der Waals surface area contributed by atoms with Crippen LogP contribution in [0.25, 0.3) is 0 Å². The maximum absolute atomic E-state index is 11.9. The zero-order valence-electron chi connectivity index (χ0n) is 11.9. The lowest BCUT2D eigenvalue weighted by Crippen LogP contribution is -2.44. The van der Waals surface area contributed by atoms with Crippen molar-refractivity contribution in [1.82, 2.24) is 20.6 Å². The lowest BCUT2D eigenvalue weighted by atomic mass is 10.2. The fraction of sp³-hybridized carbons (Fsp3) is 0.571. The smallest absolute Gasteiger partial charge is 0.252 e. The van der Waals surface area contributed by atoms with E-state index >= 15 is 0 Å². The Hall–Kier alpha value is -1.66. The van der Waals surface area contributed by atoms with E-state index in [0.717, 1.165) is 19.6 Å². The van der Waals surface area contributed by atoms with E-state index in [1.54, 1.807) is 12.3 Å². The maximum atomic E-state index is 11.9. The first-order valence-corrected chi connectivity index (χ1v) is 7.19. The predicted octanol–water partition coefficient (Wildman–Crippen LogP) is 0.599. The maximum Gasteiger partial charge on any atom is 0.252 e. The zero-order valence-corrected chi connectivity index (χ0v) is 11.9. The minimum atomic E-state index is -0.0458. The van der Waals surface area contributed by atoms with Gasteiger partial charge in [-0.1, -0.05) is 13.0 Å². The summed E-state index contributed by atoms with van der Waals surface area (Å²) in [6.45, 7) is 5.36. The first-order valence-electron chi connectivity index (χ1n) is 7.19. The Kier molecular flexibility index (Phi) is 5.76. The lowest BCUT2D eigenvalue weighted by Gasteiger charge is -2.23. The molecular weight excluding hydrogens is 254 g/mol. The van der Waals surface area contributed by atoms with Gasteiger partial charge in [-0.3, -0.25) is 20.5 Å². The number of pyridine rings is 1. The summed E-state index contributed by atoms with van der Waals surface area (Å²) < 4.78 is 0. The molecule has 0 saturated carbocycles. The van der Waals surface area contributed by atoms with Crippen LogP contribution in [0, 0.1) is 0 Å². The van der Waals surface area contributed by atoms with Crippen molar-refractivity contribution in [2.24, 2.45) is 0 Å². The minimum Gasteiger partial charge on any atom is -0.313 e. The number of carbonyl (C=O) groups excluding carboxylic acids is 1. The standard InChI is InChI=1S/C14H23N5O/c1-2-19(10-12-6-5-9-15-12)11-14(20)18-17-13-7-3-4-8-16-13/h3-4,7-8,12,15H,2,5-6,9-11H2,1H3,(H,16,17)(H,18,20). The van der Waals surface area contributed by atoms with Crippen molar-refractivity contribution in [1.29, 1.82) is 0 Å². The quantitative estimate of drug-likeness (QED) is 0.637. The molecule has 0 bridgehead atoms. The first kappa shape index (κ1) is 14.7. The molecule has 1 atom stereocenters. The van der Waals surface area contributed by atoms with E-state index in [4.69, 9.17) is 0 Å². The largest absolute Gasteiger partial charge is 0.313 e. The molecule has 0 aliphatic carbocycles. The Morgan fingerprint density at radius 1 is 1.55 bits per heavy atom. The van der Waals surface area contributed by atoms with Crippen LogP contribution in [0.5, 0.6) is 0 Å². The number of hydrazine groups is 1. The molecule has 1 aromatic heterocycles. The summed E-state index contributed by atoms with van der Waals surface area (Å²) in [5.41, 5.74) is 5.49. The molecule has 20 heavy (non-hydrogen) atoms. The number of anilines is 1. The zero-order chi connectivity index (χ0) is 14.2. The van der Waals surface area contributed by atoms with Gasteiger partial charge in [-0.25, -0.2) is 4.98 Å². The summed E-state index contributed by atoms with van der Waals surface area (Å²) in [5, 5.41) is 3.45. The summed E-state index contributed by atoms with van der Waals surface area (Å²) >= 11 is 0. The second kappa shape index (κ2) is 7.81. The summed E-state index contributed by atoms with van der Waals surface area (Å²) in [6.07, 6.45) is 4.11. The van der Waals surface area contributed by atoms with Gasteiger partial charge < -0.3 is 5.32 Å². The average Bonchev–Trinajstić information content (AvgIpc) is 2.98. The number of carbonyl (C=O) groups is 1. The highest BCUT2D eigenvalue weighted by Gasteiger charge is 2.18. The van der Waals surface area contributed by atoms with Crippen LogP contribution in [-0.4, -0.2) is 48.0 Å². The van der Waals surface area contributed by atoms with E-state index < -0.39 is 0 Å². The molecule has 1 amide bonds. The van der Waals surface area contributed by atoms with Gasteiger partial charge in [-0.15, -0.1) is 0 Å². The van der Waals surface area contributed by atoms with Crippen molar-refractivity contribution in [3.8, 4) is 0 Å². The predicted molar refractivity (Wildman–Crippen MR) is 79.1 cm³/mol. The third-order valence-corrected chi connectivity index (χ3v) is 3.45. The third kappa shape index (κ3) is 4.79. The van der Waals surface area contributed by atoms with Crippen molar-refractivity contribution < 1.29 is 4.79 Å². The summed E-state index contributed by atoms with van der Waals surface area (Å²) in [6, 6.07) is 6.03. The summed E-state index contributed by atoms with van der Waals surface area (Å²) in [7, 11) is 0. The molecule has 1 saturated heterocycles. The first-order chi connectivity index (χ1) is 9.78. The highest BCUT2D eigenvalue weighted by atomic mass is 16.2. The Morgan fingerprint density at radius 2 is 2.45 bits per heavy atom. The van der Waals surface area contributed by atoms with E-state index in [0.29, 0.717) is 18.4 Å². The molecule has 6 heteroatoms. The van der Waals surface area contributed by atoms with Gasteiger partial charge >= 0.3 is 0 Å². The van der Waals surface area contributed by atoms with E-state index in [2.05, 4.69) is 33.0 Å². The molecule has 0 radical (unpaired) electrons. The molecule has 1 unspecified atom stereocenters. The van der Waals surface area contributed by atoms with Gasteiger partial charge in [0.2, 0.25) is 0 Å². The van der Waals surface area contributed by atoms with Gasteiger partial charge in [0.05, 0.1) is 6.54 Å². The van der Waals surface area contributed by atoms with E-state index in [1.807, 2.05) is 12.1 Å². The lowest BCUT2D eigenvalue weighted by molar-refractivity contribution is -0.121. The van der Waals surface area contributed by atoms with Crippen LogP contribution in [0.1, 0.15) is 19.8 Å². The van der Waals surface area contributed by atoms with Crippen LogP contribution in [0.15, 0.2) is 24.4 Å². The molecule has 1 aliphatic heterocycles. The van der Waals surface area contributed by atoms with Gasteiger partial charge in [0.25, 0.3) is 5.91 Å². The van der Waals surface area contributed by atoms with Crippen molar-refractivity contribution in [3.05, 3.63) is 24.4 Å². The topological polar surface area (TPSA) is 69.3 Å². The van der Waals surface area contributed by atoms with Crippen LogP contribution in [-0.2, 0) is 4.79 Å². The number of hydrogen-bond acceptors (Lipinski definition) is 5.